The molecule has 0 saturated heterocycles. The molecule has 0 amide bonds. The highest BCUT2D eigenvalue weighted by Crippen LogP contribution is 1.51. The first-order valence-corrected chi connectivity index (χ1v) is 3.89. The monoisotopic (exact) mass is 170 g/mol. The smallest absolute Gasteiger partial charge is 0.237 e. The zero-order chi connectivity index (χ0) is 7.28. The minimum atomic E-state index is -2.48. The lowest BCUT2D eigenvalue weighted by Gasteiger charge is -1.68. The van der Waals surface area contributed by atoms with Crippen LogP contribution in [0.25, 0.3) is 0 Å². The fraction of sp³-hybridized carbons (Fsp3) is 0. The van der Waals surface area contributed by atoms with E-state index in [2.05, 4.69) is 4.74 Å². The van der Waals surface area contributed by atoms with Crippen LogP contribution in [0.1, 0.15) is 0 Å². The molecule has 7 heteroatoms. The Balaban J connectivity index is 4.14. The van der Waals surface area contributed by atoms with Gasteiger partial charge in [-0.05, 0) is 0 Å². The molecule has 0 bridgehead atoms. The zero-order valence-electron chi connectivity index (χ0n) is 4.01. The third kappa shape index (κ3) is 7.34. The number of ether oxygens (including phenoxy) is 1. The molecule has 0 saturated carbocycles. The molecule has 0 aliphatic carbocycles. The summed E-state index contributed by atoms with van der Waals surface area (Å²) >= 11 is 0. The van der Waals surface area contributed by atoms with Gasteiger partial charge in [0.25, 0.3) is 0 Å². The van der Waals surface area contributed by atoms with Crippen LogP contribution in [0.2, 0.25) is 0 Å². The molecule has 52 valence electrons. The van der Waals surface area contributed by atoms with Gasteiger partial charge in [0, 0.05) is 0 Å². The van der Waals surface area contributed by atoms with Crippen molar-refractivity contribution < 1.29 is 21.6 Å². The van der Waals surface area contributed by atoms with Crippen LogP contribution in [0.5, 0.6) is 0 Å². The van der Waals surface area contributed by atoms with E-state index in [9.17, 15) is 16.8 Å². The summed E-state index contributed by atoms with van der Waals surface area (Å²) < 4.78 is 42.2. The van der Waals surface area contributed by atoms with Crippen LogP contribution in [-0.4, -0.2) is 27.9 Å². The van der Waals surface area contributed by atoms with Crippen LogP contribution in [-0.2, 0) is 25.3 Å². The lowest BCUT2D eigenvalue weighted by Crippen LogP contribution is -1.84. The SMILES string of the molecule is O=S(=O)=COC=S(=O)=O. The Morgan fingerprint density at radius 3 is 1.44 bits per heavy atom. The van der Waals surface area contributed by atoms with Gasteiger partial charge in [-0.2, -0.15) is 16.8 Å². The Morgan fingerprint density at radius 2 is 1.22 bits per heavy atom. The highest BCUT2D eigenvalue weighted by molar-refractivity contribution is 7.72. The molecule has 0 N–H and O–H groups in total. The Kier molecular flexibility index (Phi) is 3.93. The summed E-state index contributed by atoms with van der Waals surface area (Å²) in [4.78, 5) is 0. The summed E-state index contributed by atoms with van der Waals surface area (Å²) in [5.74, 6) is 0. The lowest BCUT2D eigenvalue weighted by atomic mass is 11.5. The van der Waals surface area contributed by atoms with Crippen LogP contribution in [0.4, 0.5) is 0 Å². The van der Waals surface area contributed by atoms with Gasteiger partial charge in [0.1, 0.15) is 0 Å². The normalized spacial score (nSPS) is 8.00. The number of rotatable bonds is 2. The van der Waals surface area contributed by atoms with Gasteiger partial charge in [-0.25, -0.2) is 0 Å². The summed E-state index contributed by atoms with van der Waals surface area (Å²) in [6.07, 6.45) is 0. The molecule has 0 fully saturated rings. The summed E-state index contributed by atoms with van der Waals surface area (Å²) in [5, 5.41) is 0. The maximum Gasteiger partial charge on any atom is 0.237 e. The van der Waals surface area contributed by atoms with E-state index in [0.717, 1.165) is 0 Å². The van der Waals surface area contributed by atoms with Crippen LogP contribution < -0.4 is 0 Å². The molecule has 0 aromatic rings. The molecule has 0 spiro atoms. The maximum absolute atomic E-state index is 9.58. The Morgan fingerprint density at radius 1 is 0.889 bits per heavy atom. The van der Waals surface area contributed by atoms with Crippen LogP contribution >= 0.6 is 0 Å². The van der Waals surface area contributed by atoms with Crippen molar-refractivity contribution in [2.75, 3.05) is 0 Å². The second kappa shape index (κ2) is 4.24. The van der Waals surface area contributed by atoms with Crippen molar-refractivity contribution in [3.8, 4) is 0 Å². The van der Waals surface area contributed by atoms with Crippen molar-refractivity contribution in [2.24, 2.45) is 0 Å². The van der Waals surface area contributed by atoms with Gasteiger partial charge in [0.2, 0.25) is 20.6 Å². The molecule has 0 aliphatic heterocycles. The van der Waals surface area contributed by atoms with E-state index >= 15 is 0 Å². The van der Waals surface area contributed by atoms with Gasteiger partial charge < -0.3 is 0 Å². The first-order valence-electron chi connectivity index (χ1n) is 1.61. The average molecular weight is 170 g/mol. The van der Waals surface area contributed by atoms with Gasteiger partial charge in [0.15, 0.2) is 11.1 Å². The van der Waals surface area contributed by atoms with Crippen molar-refractivity contribution >= 4 is 31.7 Å². The molecule has 0 heterocycles. The molecule has 0 unspecified atom stereocenters. The average Bonchev–Trinajstić information content (AvgIpc) is 1.63. The fourth-order valence-corrected chi connectivity index (χ4v) is 0.476. The van der Waals surface area contributed by atoms with Crippen LogP contribution in [0.15, 0.2) is 0 Å². The largest absolute Gasteiger partial charge is 0.293 e. The predicted octanol–water partition coefficient (Wildman–Crippen LogP) is -1.72. The topological polar surface area (TPSA) is 77.5 Å². The standard InChI is InChI=1S/C2H2O5S2/c3-8(4)1-7-2-9(5)6/h1-2H. The summed E-state index contributed by atoms with van der Waals surface area (Å²) in [7, 11) is -4.97. The lowest BCUT2D eigenvalue weighted by molar-refractivity contribution is 0.592. The fourth-order valence-electron chi connectivity index (χ4n) is 0.113. The third-order valence-corrected chi connectivity index (χ3v) is 0.805. The molecular weight excluding hydrogens is 168 g/mol. The minimum absolute atomic E-state index is 0.357. The van der Waals surface area contributed by atoms with Crippen molar-refractivity contribution in [1.82, 2.24) is 0 Å². The minimum Gasteiger partial charge on any atom is -0.293 e. The first kappa shape index (κ1) is 8.34. The molecule has 0 aliphatic rings. The summed E-state index contributed by atoms with van der Waals surface area (Å²) in [5.41, 5.74) is 0.714. The van der Waals surface area contributed by atoms with Gasteiger partial charge in [-0.15, -0.1) is 0 Å². The van der Waals surface area contributed by atoms with Gasteiger partial charge in [-0.3, -0.25) is 4.74 Å². The Labute approximate surface area is 53.9 Å². The molecule has 0 atom stereocenters. The number of hydrogen-bond donors (Lipinski definition) is 0. The van der Waals surface area contributed by atoms with Crippen LogP contribution in [0.3, 0.4) is 0 Å². The quantitative estimate of drug-likeness (QED) is 0.461. The van der Waals surface area contributed by atoms with E-state index in [0.29, 0.717) is 11.1 Å². The maximum atomic E-state index is 9.58. The highest BCUT2D eigenvalue weighted by Gasteiger charge is 1.71. The van der Waals surface area contributed by atoms with E-state index in [-0.39, 0.29) is 0 Å². The van der Waals surface area contributed by atoms with E-state index in [4.69, 9.17) is 0 Å². The molecule has 0 aromatic carbocycles. The van der Waals surface area contributed by atoms with Crippen LogP contribution in [0, 0.1) is 0 Å². The van der Waals surface area contributed by atoms with Crippen molar-refractivity contribution in [2.45, 2.75) is 0 Å². The molecule has 0 aromatic heterocycles. The van der Waals surface area contributed by atoms with E-state index < -0.39 is 20.6 Å². The molecule has 0 radical (unpaired) electrons. The molecule has 9 heavy (non-hydrogen) atoms. The molecule has 5 nitrogen and oxygen atoms in total. The second-order valence-corrected chi connectivity index (χ2v) is 2.28. The van der Waals surface area contributed by atoms with E-state index in [1.165, 1.54) is 0 Å². The van der Waals surface area contributed by atoms with E-state index in [1.54, 1.807) is 0 Å². The number of hydrogen-bond acceptors (Lipinski definition) is 5. The summed E-state index contributed by atoms with van der Waals surface area (Å²) in [6, 6.07) is 0. The first-order chi connectivity index (χ1) is 4.13. The van der Waals surface area contributed by atoms with E-state index in [1.807, 2.05) is 0 Å². The molecular formula is C2H2O5S2. The Bertz CT molecular complexity index is 266. The Hall–Kier alpha value is -0.660. The molecule has 0 rings (SSSR count). The zero-order valence-corrected chi connectivity index (χ0v) is 5.65. The predicted molar refractivity (Wildman–Crippen MR) is 31.1 cm³/mol. The third-order valence-electron chi connectivity index (χ3n) is 0.268. The summed E-state index contributed by atoms with van der Waals surface area (Å²) in [6.45, 7) is 0. The van der Waals surface area contributed by atoms with Gasteiger partial charge in [-0.1, -0.05) is 0 Å². The van der Waals surface area contributed by atoms with Gasteiger partial charge >= 0.3 is 0 Å². The van der Waals surface area contributed by atoms with Gasteiger partial charge in [0.05, 0.1) is 0 Å². The van der Waals surface area contributed by atoms with Crippen molar-refractivity contribution in [3.63, 3.8) is 0 Å². The highest BCUT2D eigenvalue weighted by atomic mass is 32.2. The van der Waals surface area contributed by atoms with Crippen molar-refractivity contribution in [1.29, 1.82) is 0 Å². The van der Waals surface area contributed by atoms with Crippen molar-refractivity contribution in [3.05, 3.63) is 0 Å². The second-order valence-electron chi connectivity index (χ2n) is 0.850.